The fourth-order valence-corrected chi connectivity index (χ4v) is 3.57. The van der Waals surface area contributed by atoms with Crippen LogP contribution in [0.3, 0.4) is 0 Å². The molecular weight excluding hydrogens is 308 g/mol. The Morgan fingerprint density at radius 2 is 1.96 bits per heavy atom. The van der Waals surface area contributed by atoms with Gasteiger partial charge in [-0.3, -0.25) is 14.4 Å². The molecule has 2 atom stereocenters. The molecule has 1 aromatic rings. The van der Waals surface area contributed by atoms with Crippen LogP contribution in [0.25, 0.3) is 0 Å². The first-order valence-corrected chi connectivity index (χ1v) is 8.48. The lowest BCUT2D eigenvalue weighted by molar-refractivity contribution is -0.143. The summed E-state index contributed by atoms with van der Waals surface area (Å²) in [6.07, 6.45) is 3.94. The number of aliphatic carboxylic acids is 1. The van der Waals surface area contributed by atoms with E-state index in [4.69, 9.17) is 5.11 Å². The van der Waals surface area contributed by atoms with Gasteiger partial charge in [-0.2, -0.15) is 0 Å². The van der Waals surface area contributed by atoms with Gasteiger partial charge < -0.3 is 15.3 Å². The number of carboxylic acids is 1. The molecule has 0 radical (unpaired) electrons. The van der Waals surface area contributed by atoms with Gasteiger partial charge in [-0.05, 0) is 43.9 Å². The van der Waals surface area contributed by atoms with Gasteiger partial charge in [-0.25, -0.2) is 0 Å². The molecule has 0 bridgehead atoms. The fraction of sp³-hybridized carbons (Fsp3) is 0.500. The van der Waals surface area contributed by atoms with Gasteiger partial charge in [0.1, 0.15) is 0 Å². The number of amides is 2. The number of nitrogens with one attached hydrogen (secondary N) is 1. The predicted molar refractivity (Wildman–Crippen MR) is 89.7 cm³/mol. The molecule has 1 aliphatic heterocycles. The van der Waals surface area contributed by atoms with Crippen LogP contribution < -0.4 is 10.2 Å². The Bertz CT molecular complexity index is 658. The maximum Gasteiger partial charge on any atom is 0.306 e. The standard InChI is InChI=1S/C18H22N2O4/c21-16-8-3-9-20(16)15-7-2-6-14(11-15)19-17(22)12-4-1-5-13(10-12)18(23)24/h2,6-7,11-13H,1,3-5,8-10H2,(H,19,22)(H,23,24). The third-order valence-electron chi connectivity index (χ3n) is 4.89. The molecule has 128 valence electrons. The molecule has 24 heavy (non-hydrogen) atoms. The van der Waals surface area contributed by atoms with Crippen LogP contribution in [-0.4, -0.2) is 29.4 Å². The summed E-state index contributed by atoms with van der Waals surface area (Å²) in [7, 11) is 0. The van der Waals surface area contributed by atoms with Gasteiger partial charge in [-0.1, -0.05) is 12.5 Å². The molecule has 6 heteroatoms. The maximum absolute atomic E-state index is 12.4. The van der Waals surface area contributed by atoms with Crippen molar-refractivity contribution in [2.24, 2.45) is 11.8 Å². The van der Waals surface area contributed by atoms with Crippen LogP contribution in [0.4, 0.5) is 11.4 Å². The van der Waals surface area contributed by atoms with Crippen molar-refractivity contribution in [3.05, 3.63) is 24.3 Å². The molecule has 1 saturated heterocycles. The molecule has 3 rings (SSSR count). The number of hydrogen-bond donors (Lipinski definition) is 2. The first kappa shape index (κ1) is 16.5. The van der Waals surface area contributed by atoms with E-state index >= 15 is 0 Å². The normalized spacial score (nSPS) is 24.0. The highest BCUT2D eigenvalue weighted by molar-refractivity contribution is 5.97. The van der Waals surface area contributed by atoms with E-state index < -0.39 is 11.9 Å². The minimum Gasteiger partial charge on any atom is -0.481 e. The molecular formula is C18H22N2O4. The zero-order valence-corrected chi connectivity index (χ0v) is 13.5. The fourth-order valence-electron chi connectivity index (χ4n) is 3.57. The number of rotatable bonds is 4. The Morgan fingerprint density at radius 1 is 1.17 bits per heavy atom. The third kappa shape index (κ3) is 3.58. The molecule has 6 nitrogen and oxygen atoms in total. The molecule has 2 aliphatic rings. The lowest BCUT2D eigenvalue weighted by Crippen LogP contribution is -2.31. The average molecular weight is 330 g/mol. The molecule has 1 aliphatic carbocycles. The molecule has 2 fully saturated rings. The van der Waals surface area contributed by atoms with Crippen LogP contribution in [-0.2, 0) is 14.4 Å². The van der Waals surface area contributed by atoms with E-state index in [0.29, 0.717) is 31.5 Å². The van der Waals surface area contributed by atoms with E-state index in [9.17, 15) is 14.4 Å². The predicted octanol–water partition coefficient (Wildman–Crippen LogP) is 2.64. The second kappa shape index (κ2) is 7.03. The highest BCUT2D eigenvalue weighted by Crippen LogP contribution is 2.31. The maximum atomic E-state index is 12.4. The molecule has 2 amide bonds. The summed E-state index contributed by atoms with van der Waals surface area (Å²) < 4.78 is 0. The summed E-state index contributed by atoms with van der Waals surface area (Å²) in [4.78, 5) is 37.2. The van der Waals surface area contributed by atoms with E-state index in [0.717, 1.165) is 24.9 Å². The number of anilines is 2. The largest absolute Gasteiger partial charge is 0.481 e. The van der Waals surface area contributed by atoms with E-state index in [1.54, 1.807) is 17.0 Å². The van der Waals surface area contributed by atoms with Crippen molar-refractivity contribution >= 4 is 29.2 Å². The van der Waals surface area contributed by atoms with Gasteiger partial charge in [0.05, 0.1) is 5.92 Å². The van der Waals surface area contributed by atoms with Gasteiger partial charge in [0, 0.05) is 30.3 Å². The highest BCUT2D eigenvalue weighted by atomic mass is 16.4. The number of benzene rings is 1. The van der Waals surface area contributed by atoms with Gasteiger partial charge in [-0.15, -0.1) is 0 Å². The Hall–Kier alpha value is -2.37. The second-order valence-electron chi connectivity index (χ2n) is 6.59. The van der Waals surface area contributed by atoms with Crippen molar-refractivity contribution in [2.45, 2.75) is 38.5 Å². The highest BCUT2D eigenvalue weighted by Gasteiger charge is 2.31. The smallest absolute Gasteiger partial charge is 0.306 e. The van der Waals surface area contributed by atoms with Crippen molar-refractivity contribution < 1.29 is 19.5 Å². The van der Waals surface area contributed by atoms with E-state index in [2.05, 4.69) is 5.32 Å². The minimum atomic E-state index is -0.818. The summed E-state index contributed by atoms with van der Waals surface area (Å²) >= 11 is 0. The van der Waals surface area contributed by atoms with Gasteiger partial charge in [0.25, 0.3) is 0 Å². The lowest BCUT2D eigenvalue weighted by Gasteiger charge is -2.26. The van der Waals surface area contributed by atoms with Crippen LogP contribution in [0.5, 0.6) is 0 Å². The summed E-state index contributed by atoms with van der Waals surface area (Å²) in [6.45, 7) is 0.707. The zero-order chi connectivity index (χ0) is 17.1. The quantitative estimate of drug-likeness (QED) is 0.888. The Labute approximate surface area is 140 Å². The molecule has 1 saturated carbocycles. The summed E-state index contributed by atoms with van der Waals surface area (Å²) in [5.74, 6) is -1.54. The SMILES string of the molecule is O=C(O)C1CCCC(C(=O)Nc2cccc(N3CCCC3=O)c2)C1. The zero-order valence-electron chi connectivity index (χ0n) is 13.5. The van der Waals surface area contributed by atoms with Crippen LogP contribution in [0.15, 0.2) is 24.3 Å². The van der Waals surface area contributed by atoms with Crippen LogP contribution in [0, 0.1) is 11.8 Å². The molecule has 0 aromatic heterocycles. The average Bonchev–Trinajstić information content (AvgIpc) is 3.01. The summed E-state index contributed by atoms with van der Waals surface area (Å²) in [5.41, 5.74) is 1.44. The van der Waals surface area contributed by atoms with Crippen LogP contribution >= 0.6 is 0 Å². The van der Waals surface area contributed by atoms with E-state index in [1.807, 2.05) is 12.1 Å². The second-order valence-corrected chi connectivity index (χ2v) is 6.59. The van der Waals surface area contributed by atoms with E-state index in [1.165, 1.54) is 0 Å². The molecule has 1 heterocycles. The van der Waals surface area contributed by atoms with Crippen molar-refractivity contribution in [3.63, 3.8) is 0 Å². The van der Waals surface area contributed by atoms with Crippen LogP contribution in [0.1, 0.15) is 38.5 Å². The third-order valence-corrected chi connectivity index (χ3v) is 4.89. The molecule has 1 aromatic carbocycles. The first-order chi connectivity index (χ1) is 11.5. The molecule has 2 N–H and O–H groups in total. The molecule has 2 unspecified atom stereocenters. The summed E-state index contributed by atoms with van der Waals surface area (Å²) in [5, 5.41) is 12.0. The number of hydrogen-bond acceptors (Lipinski definition) is 3. The topological polar surface area (TPSA) is 86.7 Å². The van der Waals surface area contributed by atoms with Gasteiger partial charge in [0.2, 0.25) is 11.8 Å². The Morgan fingerprint density at radius 3 is 2.67 bits per heavy atom. The Balaban J connectivity index is 1.66. The van der Waals surface area contributed by atoms with Crippen molar-refractivity contribution in [3.8, 4) is 0 Å². The van der Waals surface area contributed by atoms with Crippen molar-refractivity contribution in [1.82, 2.24) is 0 Å². The first-order valence-electron chi connectivity index (χ1n) is 8.48. The van der Waals surface area contributed by atoms with Crippen molar-refractivity contribution in [2.75, 3.05) is 16.8 Å². The van der Waals surface area contributed by atoms with Crippen LogP contribution in [0.2, 0.25) is 0 Å². The number of carbonyl (C=O) groups is 3. The monoisotopic (exact) mass is 330 g/mol. The summed E-state index contributed by atoms with van der Waals surface area (Å²) in [6, 6.07) is 7.27. The molecule has 0 spiro atoms. The van der Waals surface area contributed by atoms with Gasteiger partial charge >= 0.3 is 5.97 Å². The Kier molecular flexibility index (Phi) is 4.83. The number of carboxylic acid groups (broad SMARTS) is 1. The lowest BCUT2D eigenvalue weighted by atomic mass is 9.81. The minimum absolute atomic E-state index is 0.107. The van der Waals surface area contributed by atoms with E-state index in [-0.39, 0.29) is 17.7 Å². The van der Waals surface area contributed by atoms with Gasteiger partial charge in [0.15, 0.2) is 0 Å². The number of carbonyl (C=O) groups excluding carboxylic acids is 2. The van der Waals surface area contributed by atoms with Crippen molar-refractivity contribution in [1.29, 1.82) is 0 Å². The number of nitrogens with zero attached hydrogens (tertiary/aromatic N) is 1.